The highest BCUT2D eigenvalue weighted by Crippen LogP contribution is 2.53. The predicted molar refractivity (Wildman–Crippen MR) is 420 cm³/mol. The molecule has 13 aromatic carbocycles. The molecule has 0 unspecified atom stereocenters. The molecule has 3 aliphatic carbocycles. The zero-order chi connectivity index (χ0) is 67.1. The van der Waals surface area contributed by atoms with E-state index in [2.05, 4.69) is 373 Å². The Labute approximate surface area is 587 Å². The van der Waals surface area contributed by atoms with Gasteiger partial charge >= 0.3 is 0 Å². The van der Waals surface area contributed by atoms with Gasteiger partial charge in [-0.3, -0.25) is 9.97 Å². The molecular formula is C95H66N6. The highest BCUT2D eigenvalue weighted by molar-refractivity contribution is 6.14. The van der Waals surface area contributed by atoms with Crippen LogP contribution in [0.2, 0.25) is 0 Å². The molecule has 0 bridgehead atoms. The number of nitrogens with zero attached hydrogens (tertiary/aromatic N) is 6. The SMILES string of the molecule is CC1(C)c2ccccc2-c2ccc(N(c3ccccc3)c3ccc(-c4ccc(-n5cc6c7c(cccc75)-c5ccccc5-c5cccnc5-6)cc4)cc3)cc21.c1ccc(N(c2ccccc2)c2ccc(-c3ccc(-n4cc5c6c(cccc64)-c4ccccc4-c4cccnc4-5)cc3)cc2)cc1. The Morgan fingerprint density at radius 3 is 1.01 bits per heavy atom. The van der Waals surface area contributed by atoms with Gasteiger partial charge in [0.2, 0.25) is 0 Å². The van der Waals surface area contributed by atoms with Gasteiger partial charge in [-0.25, -0.2) is 0 Å². The van der Waals surface area contributed by atoms with Crippen LogP contribution in [0.25, 0.3) is 134 Å². The van der Waals surface area contributed by atoms with E-state index in [-0.39, 0.29) is 5.41 Å². The number of hydrogen-bond donors (Lipinski definition) is 0. The second-order valence-electron chi connectivity index (χ2n) is 26.9. The standard InChI is InChI=1S/C52H37N3.C43H29N3/c1-52(2)47-19-9-8-16-42(47)43-30-29-39(32-48(43)52)55(37-12-4-3-5-13-37)38-27-23-35(24-28-38)34-21-25-36(26-22-34)54-33-46-50-44(17-10-20-49(50)54)40-14-6-7-15-41(40)45-18-11-31-53-51(45)46;1-3-11-33(12-4-1)46(34-13-5-2-6-14-34)35-26-22-31(23-27-35)30-20-24-32(25-21-30)45-29-40-42-38(17-9-19-41(42)45)36-15-7-8-16-37(36)39-18-10-28-44-43(39)40/h3-33H,1-2H3;1-29H. The zero-order valence-corrected chi connectivity index (χ0v) is 55.8. The molecular weight excluding hydrogens is 1230 g/mol. The van der Waals surface area contributed by atoms with Crippen LogP contribution >= 0.6 is 0 Å². The number of aromatic nitrogens is 4. The molecule has 4 heterocycles. The molecule has 20 rings (SSSR count). The number of hydrogen-bond acceptors (Lipinski definition) is 4. The van der Waals surface area contributed by atoms with E-state index in [9.17, 15) is 0 Å². The minimum absolute atomic E-state index is 0.0700. The molecule has 0 N–H and O–H groups in total. The van der Waals surface area contributed by atoms with Crippen molar-refractivity contribution in [1.29, 1.82) is 0 Å². The van der Waals surface area contributed by atoms with Crippen LogP contribution in [0.5, 0.6) is 0 Å². The van der Waals surface area contributed by atoms with Crippen molar-refractivity contribution in [3.8, 4) is 112 Å². The first kappa shape index (κ1) is 59.1. The van der Waals surface area contributed by atoms with Gasteiger partial charge in [-0.1, -0.05) is 232 Å². The number of benzene rings is 13. The van der Waals surface area contributed by atoms with Gasteiger partial charge in [-0.15, -0.1) is 0 Å². The van der Waals surface area contributed by atoms with Gasteiger partial charge in [-0.05, 0) is 199 Å². The molecule has 0 spiro atoms. The summed E-state index contributed by atoms with van der Waals surface area (Å²) >= 11 is 0. The molecule has 476 valence electrons. The Morgan fingerprint density at radius 1 is 0.248 bits per heavy atom. The van der Waals surface area contributed by atoms with Crippen molar-refractivity contribution in [2.75, 3.05) is 9.80 Å². The molecule has 4 aromatic heterocycles. The van der Waals surface area contributed by atoms with Crippen molar-refractivity contribution in [2.24, 2.45) is 0 Å². The van der Waals surface area contributed by atoms with Crippen LogP contribution in [0.4, 0.5) is 34.1 Å². The fourth-order valence-electron chi connectivity index (χ4n) is 16.1. The lowest BCUT2D eigenvalue weighted by molar-refractivity contribution is 0.660. The summed E-state index contributed by atoms with van der Waals surface area (Å²) in [6.45, 7) is 4.69. The van der Waals surface area contributed by atoms with E-state index in [0.29, 0.717) is 0 Å². The molecule has 0 radical (unpaired) electrons. The Bertz CT molecular complexity index is 5970. The molecule has 101 heavy (non-hydrogen) atoms. The average molecular weight is 1290 g/mol. The lowest BCUT2D eigenvalue weighted by atomic mass is 9.82. The van der Waals surface area contributed by atoms with Crippen LogP contribution in [-0.4, -0.2) is 19.1 Å². The van der Waals surface area contributed by atoms with Crippen molar-refractivity contribution in [3.63, 3.8) is 0 Å². The van der Waals surface area contributed by atoms with Crippen LogP contribution in [-0.2, 0) is 5.41 Å². The molecule has 0 saturated carbocycles. The number of anilines is 6. The van der Waals surface area contributed by atoms with Crippen LogP contribution in [0, 0.1) is 0 Å². The van der Waals surface area contributed by atoms with Crippen LogP contribution in [0.1, 0.15) is 25.0 Å². The first-order valence-electron chi connectivity index (χ1n) is 34.7. The summed E-state index contributed by atoms with van der Waals surface area (Å²) in [5, 5.41) is 2.49. The Balaban J connectivity index is 0.000000142. The van der Waals surface area contributed by atoms with Gasteiger partial charge in [0, 0.05) is 109 Å². The third-order valence-electron chi connectivity index (χ3n) is 20.9. The third-order valence-corrected chi connectivity index (χ3v) is 20.9. The fourth-order valence-corrected chi connectivity index (χ4v) is 16.1. The zero-order valence-electron chi connectivity index (χ0n) is 55.8. The minimum Gasteiger partial charge on any atom is -0.316 e. The maximum atomic E-state index is 4.93. The Kier molecular flexibility index (Phi) is 14.1. The molecule has 0 atom stereocenters. The second-order valence-corrected chi connectivity index (χ2v) is 26.9. The van der Waals surface area contributed by atoms with Gasteiger partial charge in [0.05, 0.1) is 22.4 Å². The summed E-state index contributed by atoms with van der Waals surface area (Å²) in [5.74, 6) is 0. The molecule has 3 aliphatic rings. The molecule has 0 amide bonds. The molecule has 0 saturated heterocycles. The topological polar surface area (TPSA) is 42.1 Å². The van der Waals surface area contributed by atoms with Crippen LogP contribution in [0.15, 0.2) is 365 Å². The summed E-state index contributed by atoms with van der Waals surface area (Å²) in [6, 6.07) is 122. The number of para-hydroxylation sites is 3. The Morgan fingerprint density at radius 2 is 0.574 bits per heavy atom. The highest BCUT2D eigenvalue weighted by atomic mass is 15.1. The second kappa shape index (κ2) is 24.1. The van der Waals surface area contributed by atoms with Crippen molar-refractivity contribution < 1.29 is 0 Å². The van der Waals surface area contributed by atoms with E-state index >= 15 is 0 Å². The van der Waals surface area contributed by atoms with E-state index in [1.165, 1.54) is 116 Å². The highest BCUT2D eigenvalue weighted by Gasteiger charge is 2.36. The van der Waals surface area contributed by atoms with E-state index in [1.54, 1.807) is 0 Å². The number of pyridine rings is 2. The maximum Gasteiger partial charge on any atom is 0.0802 e. The van der Waals surface area contributed by atoms with Gasteiger partial charge in [-0.2, -0.15) is 0 Å². The monoisotopic (exact) mass is 1290 g/mol. The molecule has 17 aromatic rings. The van der Waals surface area contributed by atoms with Gasteiger partial charge in [0.1, 0.15) is 0 Å². The van der Waals surface area contributed by atoms with E-state index in [4.69, 9.17) is 9.97 Å². The predicted octanol–water partition coefficient (Wildman–Crippen LogP) is 25.3. The lowest BCUT2D eigenvalue weighted by Gasteiger charge is -2.28. The first-order chi connectivity index (χ1) is 49.9. The first-order valence-corrected chi connectivity index (χ1v) is 34.7. The molecule has 0 aliphatic heterocycles. The lowest BCUT2D eigenvalue weighted by Crippen LogP contribution is -2.16. The molecule has 6 nitrogen and oxygen atoms in total. The van der Waals surface area contributed by atoms with E-state index < -0.39 is 0 Å². The number of rotatable bonds is 10. The van der Waals surface area contributed by atoms with Gasteiger partial charge in [0.15, 0.2) is 0 Å². The van der Waals surface area contributed by atoms with Crippen LogP contribution < -0.4 is 9.80 Å². The summed E-state index contributed by atoms with van der Waals surface area (Å²) < 4.78 is 4.63. The van der Waals surface area contributed by atoms with E-state index in [0.717, 1.165) is 62.5 Å². The largest absolute Gasteiger partial charge is 0.316 e. The quantitative estimate of drug-likeness (QED) is 0.137. The van der Waals surface area contributed by atoms with Gasteiger partial charge in [0.25, 0.3) is 0 Å². The Hall–Kier alpha value is -13.2. The summed E-state index contributed by atoms with van der Waals surface area (Å²) in [7, 11) is 0. The third kappa shape index (κ3) is 9.93. The molecule has 6 heteroatoms. The summed E-state index contributed by atoms with van der Waals surface area (Å²) in [5.41, 5.74) is 35.6. The number of fused-ring (bicyclic) bond motifs is 13. The smallest absolute Gasteiger partial charge is 0.0802 e. The van der Waals surface area contributed by atoms with Crippen molar-refractivity contribution in [3.05, 3.63) is 376 Å². The maximum absolute atomic E-state index is 4.93. The van der Waals surface area contributed by atoms with Crippen molar-refractivity contribution in [1.82, 2.24) is 19.1 Å². The fraction of sp³-hybridized carbons (Fsp3) is 0.0316. The van der Waals surface area contributed by atoms with Gasteiger partial charge < -0.3 is 18.9 Å². The van der Waals surface area contributed by atoms with E-state index in [1.807, 2.05) is 24.5 Å². The van der Waals surface area contributed by atoms with Crippen molar-refractivity contribution in [2.45, 2.75) is 19.3 Å². The normalized spacial score (nSPS) is 12.3. The average Bonchev–Trinajstić information content (AvgIpc) is 1.59. The summed E-state index contributed by atoms with van der Waals surface area (Å²) in [4.78, 5) is 14.5. The van der Waals surface area contributed by atoms with Crippen LogP contribution in [0.3, 0.4) is 0 Å². The van der Waals surface area contributed by atoms with Crippen molar-refractivity contribution >= 4 is 55.9 Å². The minimum atomic E-state index is -0.0700. The summed E-state index contributed by atoms with van der Waals surface area (Å²) in [6.07, 6.45) is 8.34. The molecule has 0 fully saturated rings.